The lowest BCUT2D eigenvalue weighted by Crippen LogP contribution is -2.17. The first kappa shape index (κ1) is 15.4. The van der Waals surface area contributed by atoms with Crippen molar-refractivity contribution in [2.24, 2.45) is 0 Å². The van der Waals surface area contributed by atoms with E-state index in [-0.39, 0.29) is 16.7 Å². The van der Waals surface area contributed by atoms with Gasteiger partial charge in [0.05, 0.1) is 23.6 Å². The van der Waals surface area contributed by atoms with Crippen molar-refractivity contribution < 1.29 is 9.90 Å². The SMILES string of the molecule is CC(C)(C)c1ncc(NC(=O)c2ccc(Br)cc2O)cn1. The van der Waals surface area contributed by atoms with Crippen molar-refractivity contribution in [1.82, 2.24) is 9.97 Å². The maximum atomic E-state index is 12.1. The highest BCUT2D eigenvalue weighted by molar-refractivity contribution is 9.10. The summed E-state index contributed by atoms with van der Waals surface area (Å²) >= 11 is 3.23. The average Bonchev–Trinajstić information content (AvgIpc) is 2.38. The maximum absolute atomic E-state index is 12.1. The fourth-order valence-electron chi connectivity index (χ4n) is 1.68. The summed E-state index contributed by atoms with van der Waals surface area (Å²) < 4.78 is 0.703. The van der Waals surface area contributed by atoms with E-state index in [1.165, 1.54) is 6.07 Å². The zero-order valence-corrected chi connectivity index (χ0v) is 13.6. The van der Waals surface area contributed by atoms with E-state index in [0.717, 1.165) is 0 Å². The molecule has 1 heterocycles. The number of amides is 1. The van der Waals surface area contributed by atoms with Crippen molar-refractivity contribution in [3.8, 4) is 5.75 Å². The third kappa shape index (κ3) is 3.78. The summed E-state index contributed by atoms with van der Waals surface area (Å²) in [6.45, 7) is 6.04. The number of benzene rings is 1. The highest BCUT2D eigenvalue weighted by atomic mass is 79.9. The van der Waals surface area contributed by atoms with E-state index in [0.29, 0.717) is 16.0 Å². The van der Waals surface area contributed by atoms with Crippen molar-refractivity contribution in [3.05, 3.63) is 46.5 Å². The standard InChI is InChI=1S/C15H16BrN3O2/c1-15(2,3)14-17-7-10(8-18-14)19-13(21)11-5-4-9(16)6-12(11)20/h4-8,20H,1-3H3,(H,19,21). The number of hydrogen-bond donors (Lipinski definition) is 2. The van der Waals surface area contributed by atoms with E-state index >= 15 is 0 Å². The molecule has 2 N–H and O–H groups in total. The van der Waals surface area contributed by atoms with E-state index in [1.54, 1.807) is 24.5 Å². The molecule has 21 heavy (non-hydrogen) atoms. The van der Waals surface area contributed by atoms with Crippen LogP contribution in [0.25, 0.3) is 0 Å². The largest absolute Gasteiger partial charge is 0.507 e. The molecular formula is C15H16BrN3O2. The van der Waals surface area contributed by atoms with Gasteiger partial charge < -0.3 is 10.4 Å². The van der Waals surface area contributed by atoms with Crippen LogP contribution in [0.1, 0.15) is 37.0 Å². The van der Waals surface area contributed by atoms with Gasteiger partial charge in [-0.05, 0) is 18.2 Å². The van der Waals surface area contributed by atoms with Crippen LogP contribution in [-0.2, 0) is 5.41 Å². The first-order valence-corrected chi connectivity index (χ1v) is 7.19. The number of aromatic hydroxyl groups is 1. The summed E-state index contributed by atoms with van der Waals surface area (Å²) in [5, 5.41) is 12.4. The Balaban J connectivity index is 2.16. The van der Waals surface area contributed by atoms with Crippen LogP contribution in [0.3, 0.4) is 0 Å². The third-order valence-corrected chi connectivity index (χ3v) is 3.28. The second-order valence-electron chi connectivity index (χ2n) is 5.66. The summed E-state index contributed by atoms with van der Waals surface area (Å²) in [5.41, 5.74) is 0.528. The van der Waals surface area contributed by atoms with Crippen LogP contribution in [0.5, 0.6) is 5.75 Å². The molecule has 110 valence electrons. The number of phenols is 1. The van der Waals surface area contributed by atoms with Crippen molar-refractivity contribution >= 4 is 27.5 Å². The number of nitrogens with one attached hydrogen (secondary N) is 1. The van der Waals surface area contributed by atoms with Crippen LogP contribution in [0.4, 0.5) is 5.69 Å². The lowest BCUT2D eigenvalue weighted by molar-refractivity contribution is 0.102. The molecule has 1 aromatic heterocycles. The molecule has 6 heteroatoms. The number of phenolic OH excluding ortho intramolecular Hbond substituents is 1. The second kappa shape index (κ2) is 5.81. The van der Waals surface area contributed by atoms with Gasteiger partial charge >= 0.3 is 0 Å². The summed E-state index contributed by atoms with van der Waals surface area (Å²) in [6, 6.07) is 4.70. The Bertz CT molecular complexity index is 664. The van der Waals surface area contributed by atoms with Crippen molar-refractivity contribution in [1.29, 1.82) is 0 Å². The minimum Gasteiger partial charge on any atom is -0.507 e. The zero-order chi connectivity index (χ0) is 15.6. The Hall–Kier alpha value is -1.95. The number of hydrogen-bond acceptors (Lipinski definition) is 4. The number of aromatic nitrogens is 2. The fraction of sp³-hybridized carbons (Fsp3) is 0.267. The normalized spacial score (nSPS) is 11.2. The van der Waals surface area contributed by atoms with Crippen molar-refractivity contribution in [2.75, 3.05) is 5.32 Å². The molecule has 0 saturated heterocycles. The van der Waals surface area contributed by atoms with Gasteiger partial charge in [0.25, 0.3) is 5.91 Å². The predicted octanol–water partition coefficient (Wildman–Crippen LogP) is 3.49. The van der Waals surface area contributed by atoms with Gasteiger partial charge in [-0.2, -0.15) is 0 Å². The summed E-state index contributed by atoms with van der Waals surface area (Å²) in [4.78, 5) is 20.6. The number of nitrogens with zero attached hydrogens (tertiary/aromatic N) is 2. The van der Waals surface area contributed by atoms with E-state index < -0.39 is 5.91 Å². The first-order valence-electron chi connectivity index (χ1n) is 6.40. The topological polar surface area (TPSA) is 75.1 Å². The Labute approximate surface area is 131 Å². The molecule has 0 aliphatic carbocycles. The summed E-state index contributed by atoms with van der Waals surface area (Å²) in [7, 11) is 0. The Morgan fingerprint density at radius 2 is 1.86 bits per heavy atom. The van der Waals surface area contributed by atoms with Gasteiger partial charge in [-0.15, -0.1) is 0 Å². The zero-order valence-electron chi connectivity index (χ0n) is 12.0. The number of carbonyl (C=O) groups excluding carboxylic acids is 1. The first-order chi connectivity index (χ1) is 9.77. The van der Waals surface area contributed by atoms with Gasteiger partial charge in [-0.3, -0.25) is 4.79 Å². The monoisotopic (exact) mass is 349 g/mol. The van der Waals surface area contributed by atoms with Gasteiger partial charge in [0.1, 0.15) is 11.6 Å². The summed E-state index contributed by atoms with van der Waals surface area (Å²) in [6.07, 6.45) is 3.11. The second-order valence-corrected chi connectivity index (χ2v) is 6.58. The van der Waals surface area contributed by atoms with Gasteiger partial charge in [0.15, 0.2) is 0 Å². The molecule has 1 aromatic carbocycles. The van der Waals surface area contributed by atoms with Gasteiger partial charge in [-0.25, -0.2) is 9.97 Å². The van der Waals surface area contributed by atoms with Gasteiger partial charge in [0.2, 0.25) is 0 Å². The lowest BCUT2D eigenvalue weighted by atomic mass is 9.96. The molecule has 2 rings (SSSR count). The number of anilines is 1. The fourth-order valence-corrected chi connectivity index (χ4v) is 2.02. The van der Waals surface area contributed by atoms with Crippen LogP contribution >= 0.6 is 15.9 Å². The molecule has 0 aliphatic rings. The minimum absolute atomic E-state index is 0.0888. The molecule has 0 saturated carbocycles. The molecule has 1 amide bonds. The average molecular weight is 350 g/mol. The van der Waals surface area contributed by atoms with Crippen molar-refractivity contribution in [3.63, 3.8) is 0 Å². The smallest absolute Gasteiger partial charge is 0.259 e. The van der Waals surface area contributed by atoms with E-state index in [9.17, 15) is 9.90 Å². The number of carbonyl (C=O) groups is 1. The van der Waals surface area contributed by atoms with Crippen LogP contribution in [0.15, 0.2) is 35.1 Å². The highest BCUT2D eigenvalue weighted by Crippen LogP contribution is 2.23. The molecule has 0 fully saturated rings. The molecule has 0 unspecified atom stereocenters. The van der Waals surface area contributed by atoms with Gasteiger partial charge in [0, 0.05) is 9.89 Å². The number of rotatable bonds is 2. The highest BCUT2D eigenvalue weighted by Gasteiger charge is 2.17. The molecule has 0 spiro atoms. The molecule has 5 nitrogen and oxygen atoms in total. The molecule has 0 radical (unpaired) electrons. The van der Waals surface area contributed by atoms with Crippen molar-refractivity contribution in [2.45, 2.75) is 26.2 Å². The van der Waals surface area contributed by atoms with E-state index in [2.05, 4.69) is 31.2 Å². The van der Waals surface area contributed by atoms with Crippen LogP contribution in [0.2, 0.25) is 0 Å². The Kier molecular flexibility index (Phi) is 4.27. The molecule has 2 aromatic rings. The molecule has 0 bridgehead atoms. The quantitative estimate of drug-likeness (QED) is 0.869. The third-order valence-electron chi connectivity index (χ3n) is 2.78. The Morgan fingerprint density at radius 3 is 2.38 bits per heavy atom. The molecule has 0 aliphatic heterocycles. The van der Waals surface area contributed by atoms with Crippen LogP contribution < -0.4 is 5.32 Å². The van der Waals surface area contributed by atoms with Gasteiger partial charge in [-0.1, -0.05) is 36.7 Å². The summed E-state index contributed by atoms with van der Waals surface area (Å²) in [5.74, 6) is 0.202. The van der Waals surface area contributed by atoms with Crippen LogP contribution in [-0.4, -0.2) is 21.0 Å². The number of halogens is 1. The van der Waals surface area contributed by atoms with E-state index in [1.807, 2.05) is 20.8 Å². The van der Waals surface area contributed by atoms with Crippen LogP contribution in [0, 0.1) is 0 Å². The Morgan fingerprint density at radius 1 is 1.24 bits per heavy atom. The maximum Gasteiger partial charge on any atom is 0.259 e. The predicted molar refractivity (Wildman–Crippen MR) is 84.5 cm³/mol. The molecular weight excluding hydrogens is 334 g/mol. The molecule has 0 atom stereocenters. The minimum atomic E-state index is -0.410. The lowest BCUT2D eigenvalue weighted by Gasteiger charge is -2.16. The van der Waals surface area contributed by atoms with E-state index in [4.69, 9.17) is 0 Å².